The summed E-state index contributed by atoms with van der Waals surface area (Å²) in [6.45, 7) is 9.90. The molecule has 2 aromatic rings. The lowest BCUT2D eigenvalue weighted by atomic mass is 10.1. The van der Waals surface area contributed by atoms with E-state index in [-0.39, 0.29) is 24.3 Å². The molecule has 2 rings (SSSR count). The molecular weight excluding hydrogens is 464 g/mol. The molecule has 0 atom stereocenters. The van der Waals surface area contributed by atoms with Crippen molar-refractivity contribution < 1.29 is 19.1 Å². The Balaban J connectivity index is 0.00000612. The zero-order chi connectivity index (χ0) is 24.6. The quantitative estimate of drug-likeness (QED) is 0.206. The summed E-state index contributed by atoms with van der Waals surface area (Å²) in [6.07, 6.45) is 7.12. The highest BCUT2D eigenvalue weighted by Gasteiger charge is 2.13. The van der Waals surface area contributed by atoms with Crippen LogP contribution in [0.3, 0.4) is 0 Å². The van der Waals surface area contributed by atoms with Crippen LogP contribution in [0.25, 0.3) is 0 Å². The average molecular weight is 505 g/mol. The van der Waals surface area contributed by atoms with Crippen molar-refractivity contribution in [1.29, 1.82) is 0 Å². The van der Waals surface area contributed by atoms with E-state index in [0.29, 0.717) is 42.3 Å². The van der Waals surface area contributed by atoms with E-state index < -0.39 is 0 Å². The van der Waals surface area contributed by atoms with E-state index in [2.05, 4.69) is 31.0 Å². The lowest BCUT2D eigenvalue weighted by Gasteiger charge is -2.17. The third-order valence-corrected chi connectivity index (χ3v) is 5.80. The van der Waals surface area contributed by atoms with E-state index in [0.717, 1.165) is 25.9 Å². The van der Waals surface area contributed by atoms with Crippen molar-refractivity contribution in [2.45, 2.75) is 59.3 Å². The van der Waals surface area contributed by atoms with Crippen LogP contribution in [0, 0.1) is 0 Å². The Morgan fingerprint density at radius 3 is 2.17 bits per heavy atom. The Bertz CT molecular complexity index is 870. The highest BCUT2D eigenvalue weighted by molar-refractivity contribution is 6.06. The molecule has 0 unspecified atom stereocenters. The van der Waals surface area contributed by atoms with Crippen LogP contribution in [-0.2, 0) is 4.74 Å². The molecule has 0 aliphatic carbocycles. The molecule has 0 fully saturated rings. The molecule has 6 nitrogen and oxygen atoms in total. The number of ether oxygens (including phenoxy) is 2. The van der Waals surface area contributed by atoms with Gasteiger partial charge in [-0.1, -0.05) is 65.0 Å². The predicted octanol–water partition coefficient (Wildman–Crippen LogP) is 6.60. The number of unbranched alkanes of at least 4 members (excludes halogenated alkanes) is 5. The Morgan fingerprint density at radius 1 is 0.829 bits per heavy atom. The molecule has 1 amide bonds. The van der Waals surface area contributed by atoms with Gasteiger partial charge in [-0.15, -0.1) is 12.4 Å². The number of rotatable bonds is 16. The molecule has 7 heteroatoms. The summed E-state index contributed by atoms with van der Waals surface area (Å²) < 4.78 is 11.3. The monoisotopic (exact) mass is 504 g/mol. The van der Waals surface area contributed by atoms with E-state index in [4.69, 9.17) is 9.47 Å². The van der Waals surface area contributed by atoms with Gasteiger partial charge >= 0.3 is 5.97 Å². The maximum absolute atomic E-state index is 12.8. The number of nitrogens with zero attached hydrogens (tertiary/aromatic N) is 1. The normalized spacial score (nSPS) is 10.5. The molecular formula is C28H41ClN2O4. The van der Waals surface area contributed by atoms with Gasteiger partial charge in [0.05, 0.1) is 17.7 Å². The van der Waals surface area contributed by atoms with Gasteiger partial charge in [-0.3, -0.25) is 4.79 Å². The number of esters is 1. The van der Waals surface area contributed by atoms with Crippen molar-refractivity contribution in [3.63, 3.8) is 0 Å². The van der Waals surface area contributed by atoms with Crippen molar-refractivity contribution in [2.75, 3.05) is 38.2 Å². The van der Waals surface area contributed by atoms with Crippen molar-refractivity contribution in [1.82, 2.24) is 4.90 Å². The highest BCUT2D eigenvalue weighted by Crippen LogP contribution is 2.21. The van der Waals surface area contributed by atoms with Crippen LogP contribution in [0.1, 0.15) is 80.0 Å². The minimum Gasteiger partial charge on any atom is -0.493 e. The van der Waals surface area contributed by atoms with Gasteiger partial charge in [-0.05, 0) is 55.9 Å². The van der Waals surface area contributed by atoms with E-state index >= 15 is 0 Å². The van der Waals surface area contributed by atoms with Crippen LogP contribution in [-0.4, -0.2) is 49.6 Å². The second-order valence-corrected chi connectivity index (χ2v) is 8.31. The fraction of sp³-hybridized carbons (Fsp3) is 0.500. The van der Waals surface area contributed by atoms with Crippen LogP contribution in [0.2, 0.25) is 0 Å². The zero-order valence-corrected chi connectivity index (χ0v) is 22.2. The first-order chi connectivity index (χ1) is 16.6. The number of para-hydroxylation sites is 1. The number of hydrogen-bond donors (Lipinski definition) is 1. The van der Waals surface area contributed by atoms with Gasteiger partial charge in [0.15, 0.2) is 0 Å². The van der Waals surface area contributed by atoms with E-state index in [1.165, 1.54) is 25.7 Å². The predicted molar refractivity (Wildman–Crippen MR) is 145 cm³/mol. The van der Waals surface area contributed by atoms with Gasteiger partial charge in [0.2, 0.25) is 0 Å². The van der Waals surface area contributed by atoms with Gasteiger partial charge in [-0.25, -0.2) is 4.79 Å². The number of hydrogen-bond acceptors (Lipinski definition) is 5. The number of anilines is 1. The maximum atomic E-state index is 12.8. The van der Waals surface area contributed by atoms with E-state index in [1.54, 1.807) is 30.3 Å². The first-order valence-electron chi connectivity index (χ1n) is 12.6. The van der Waals surface area contributed by atoms with E-state index in [1.807, 2.05) is 18.2 Å². The molecule has 0 heterocycles. The molecule has 0 spiro atoms. The summed E-state index contributed by atoms with van der Waals surface area (Å²) in [4.78, 5) is 27.3. The maximum Gasteiger partial charge on any atom is 0.338 e. The number of amides is 1. The first-order valence-corrected chi connectivity index (χ1v) is 12.6. The zero-order valence-electron chi connectivity index (χ0n) is 21.4. The summed E-state index contributed by atoms with van der Waals surface area (Å²) in [6, 6.07) is 14.0. The van der Waals surface area contributed by atoms with Crippen molar-refractivity contribution in [3.8, 4) is 5.75 Å². The largest absolute Gasteiger partial charge is 0.493 e. The molecule has 0 bridgehead atoms. The third-order valence-electron chi connectivity index (χ3n) is 5.80. The molecule has 0 radical (unpaired) electrons. The van der Waals surface area contributed by atoms with Crippen LogP contribution in [0.15, 0.2) is 48.5 Å². The molecule has 0 aliphatic heterocycles. The number of nitrogens with one attached hydrogen (secondary N) is 1. The smallest absolute Gasteiger partial charge is 0.338 e. The topological polar surface area (TPSA) is 67.9 Å². The summed E-state index contributed by atoms with van der Waals surface area (Å²) >= 11 is 0. The lowest BCUT2D eigenvalue weighted by Crippen LogP contribution is -2.27. The Morgan fingerprint density at radius 2 is 1.49 bits per heavy atom. The third kappa shape index (κ3) is 11.1. The molecule has 35 heavy (non-hydrogen) atoms. The minimum atomic E-state index is -0.363. The van der Waals surface area contributed by atoms with Gasteiger partial charge < -0.3 is 19.7 Å². The number of halogens is 1. The average Bonchev–Trinajstić information content (AvgIpc) is 2.86. The van der Waals surface area contributed by atoms with Crippen molar-refractivity contribution in [2.24, 2.45) is 0 Å². The van der Waals surface area contributed by atoms with Gasteiger partial charge in [0.1, 0.15) is 12.4 Å². The van der Waals surface area contributed by atoms with Crippen LogP contribution >= 0.6 is 12.4 Å². The summed E-state index contributed by atoms with van der Waals surface area (Å²) in [5.41, 5.74) is 1.56. The van der Waals surface area contributed by atoms with Crippen LogP contribution in [0.4, 0.5) is 5.69 Å². The van der Waals surface area contributed by atoms with Gasteiger partial charge in [0.25, 0.3) is 5.91 Å². The first kappa shape index (κ1) is 30.5. The number of carbonyl (C=O) groups is 2. The number of likely N-dealkylation sites (N-methyl/N-ethyl adjacent to an activating group) is 1. The summed E-state index contributed by atoms with van der Waals surface area (Å²) in [5.74, 6) is -0.0199. The van der Waals surface area contributed by atoms with Crippen LogP contribution < -0.4 is 10.1 Å². The molecule has 1 N–H and O–H groups in total. The van der Waals surface area contributed by atoms with Gasteiger partial charge in [-0.2, -0.15) is 0 Å². The lowest BCUT2D eigenvalue weighted by molar-refractivity contribution is 0.0466. The standard InChI is InChI=1S/C28H40N2O4.ClH/c1-4-7-8-9-10-13-21-33-26-15-12-11-14-25(26)27(31)29-24-18-16-23(17-19-24)28(32)34-22-20-30(5-2)6-3;/h11-12,14-19H,4-10,13,20-22H2,1-3H3,(H,29,31);1H. The Kier molecular flexibility index (Phi) is 15.5. The molecule has 194 valence electrons. The fourth-order valence-electron chi connectivity index (χ4n) is 3.62. The number of benzene rings is 2. The van der Waals surface area contributed by atoms with E-state index in [9.17, 15) is 9.59 Å². The summed E-state index contributed by atoms with van der Waals surface area (Å²) in [5, 5.41) is 2.89. The second kappa shape index (κ2) is 17.8. The van der Waals surface area contributed by atoms with Crippen LogP contribution in [0.5, 0.6) is 5.75 Å². The fourth-order valence-corrected chi connectivity index (χ4v) is 3.62. The second-order valence-electron chi connectivity index (χ2n) is 8.31. The molecule has 0 aliphatic rings. The van der Waals surface area contributed by atoms with Crippen molar-refractivity contribution in [3.05, 3.63) is 59.7 Å². The highest BCUT2D eigenvalue weighted by atomic mass is 35.5. The van der Waals surface area contributed by atoms with Crippen molar-refractivity contribution >= 4 is 30.0 Å². The molecule has 0 saturated heterocycles. The minimum absolute atomic E-state index is 0. The molecule has 2 aromatic carbocycles. The van der Waals surface area contributed by atoms with Gasteiger partial charge in [0, 0.05) is 12.2 Å². The Hall–Kier alpha value is -2.57. The number of carbonyl (C=O) groups excluding carboxylic acids is 2. The SMILES string of the molecule is CCCCCCCCOc1ccccc1C(=O)Nc1ccc(C(=O)OCCN(CC)CC)cc1.Cl. The molecule has 0 saturated carbocycles. The summed E-state index contributed by atoms with van der Waals surface area (Å²) in [7, 11) is 0. The molecule has 0 aromatic heterocycles. The Labute approximate surface area is 216 Å².